The molecule has 0 heterocycles. The van der Waals surface area contributed by atoms with E-state index >= 15 is 0 Å². The van der Waals surface area contributed by atoms with Crippen LogP contribution in [-0.2, 0) is 4.79 Å². The number of rotatable bonds is 3. The van der Waals surface area contributed by atoms with Gasteiger partial charge < -0.3 is 20.4 Å². The van der Waals surface area contributed by atoms with E-state index in [1.54, 1.807) is 0 Å². The first-order valence-corrected chi connectivity index (χ1v) is 3.68. The van der Waals surface area contributed by atoms with Crippen LogP contribution in [0.25, 0.3) is 0 Å². The Morgan fingerprint density at radius 1 is 1.46 bits per heavy atom. The van der Waals surface area contributed by atoms with Gasteiger partial charge in [0.1, 0.15) is 0 Å². The Bertz CT molecular complexity index is 213. The predicted molar refractivity (Wildman–Crippen MR) is 45.3 cm³/mol. The van der Waals surface area contributed by atoms with E-state index in [1.165, 1.54) is 19.0 Å². The molecule has 0 aliphatic rings. The van der Waals surface area contributed by atoms with Crippen molar-refractivity contribution < 1.29 is 19.8 Å². The Morgan fingerprint density at radius 3 is 2.23 bits per heavy atom. The number of aliphatic carboxylic acids is 1. The minimum atomic E-state index is -1.92. The number of aliphatic hydroxyl groups is 1. The van der Waals surface area contributed by atoms with Crippen LogP contribution in [0, 0.1) is 0 Å². The Kier molecular flexibility index (Phi) is 3.68. The molecule has 0 aliphatic carbocycles. The molecule has 1 atom stereocenters. The van der Waals surface area contributed by atoms with Crippen molar-refractivity contribution in [2.24, 2.45) is 0 Å². The Balaban J connectivity index is 4.03. The SMILES string of the molecule is CN(C)C(=O)NCC(C)(O)C(=O)O. The first kappa shape index (κ1) is 11.7. The number of carbonyl (C=O) groups excluding carboxylic acids is 1. The normalized spacial score (nSPS) is 14.5. The fraction of sp³-hybridized carbons (Fsp3) is 0.714. The molecule has 0 saturated carbocycles. The fourth-order valence-electron chi connectivity index (χ4n) is 0.481. The van der Waals surface area contributed by atoms with Crippen LogP contribution in [0.15, 0.2) is 0 Å². The van der Waals surface area contributed by atoms with Crippen molar-refractivity contribution in [1.29, 1.82) is 0 Å². The third kappa shape index (κ3) is 3.75. The van der Waals surface area contributed by atoms with Crippen molar-refractivity contribution in [3.63, 3.8) is 0 Å². The highest BCUT2D eigenvalue weighted by Crippen LogP contribution is 2.00. The van der Waals surface area contributed by atoms with Crippen molar-refractivity contribution in [3.8, 4) is 0 Å². The van der Waals surface area contributed by atoms with Gasteiger partial charge in [-0.2, -0.15) is 0 Å². The van der Waals surface area contributed by atoms with Gasteiger partial charge in [-0.1, -0.05) is 0 Å². The number of carboxylic acid groups (broad SMARTS) is 1. The summed E-state index contributed by atoms with van der Waals surface area (Å²) in [4.78, 5) is 22.6. The molecule has 0 bridgehead atoms. The Hall–Kier alpha value is -1.30. The van der Waals surface area contributed by atoms with E-state index < -0.39 is 17.6 Å². The fourth-order valence-corrected chi connectivity index (χ4v) is 0.481. The Morgan fingerprint density at radius 2 is 1.92 bits per heavy atom. The van der Waals surface area contributed by atoms with Crippen LogP contribution in [0.2, 0.25) is 0 Å². The third-order valence-corrected chi connectivity index (χ3v) is 1.45. The summed E-state index contributed by atoms with van der Waals surface area (Å²) < 4.78 is 0. The largest absolute Gasteiger partial charge is 0.479 e. The maximum Gasteiger partial charge on any atom is 0.337 e. The molecule has 0 saturated heterocycles. The van der Waals surface area contributed by atoms with Gasteiger partial charge in [0, 0.05) is 14.1 Å². The van der Waals surface area contributed by atoms with E-state index in [-0.39, 0.29) is 6.54 Å². The number of nitrogens with one attached hydrogen (secondary N) is 1. The minimum absolute atomic E-state index is 0.320. The zero-order chi connectivity index (χ0) is 10.6. The lowest BCUT2D eigenvalue weighted by atomic mass is 10.1. The first-order valence-electron chi connectivity index (χ1n) is 3.68. The topological polar surface area (TPSA) is 89.9 Å². The number of nitrogens with zero attached hydrogens (tertiary/aromatic N) is 1. The van der Waals surface area contributed by atoms with Crippen molar-refractivity contribution in [3.05, 3.63) is 0 Å². The predicted octanol–water partition coefficient (Wildman–Crippen LogP) is -0.907. The second-order valence-electron chi connectivity index (χ2n) is 3.13. The molecule has 0 fully saturated rings. The molecule has 0 aliphatic heterocycles. The van der Waals surface area contributed by atoms with Crippen molar-refractivity contribution >= 4 is 12.0 Å². The van der Waals surface area contributed by atoms with E-state index in [2.05, 4.69) is 5.32 Å². The molecule has 0 rings (SSSR count). The van der Waals surface area contributed by atoms with Gasteiger partial charge in [0.15, 0.2) is 5.60 Å². The molecule has 6 nitrogen and oxygen atoms in total. The number of carbonyl (C=O) groups is 2. The molecule has 0 spiro atoms. The number of hydrogen-bond acceptors (Lipinski definition) is 3. The van der Waals surface area contributed by atoms with Gasteiger partial charge >= 0.3 is 12.0 Å². The molecule has 0 radical (unpaired) electrons. The van der Waals surface area contributed by atoms with Gasteiger partial charge in [-0.15, -0.1) is 0 Å². The lowest BCUT2D eigenvalue weighted by Gasteiger charge is -2.20. The number of carboxylic acids is 1. The highest BCUT2D eigenvalue weighted by atomic mass is 16.4. The highest BCUT2D eigenvalue weighted by molar-refractivity contribution is 5.79. The molecule has 3 N–H and O–H groups in total. The molecule has 76 valence electrons. The van der Waals surface area contributed by atoms with Crippen molar-refractivity contribution in [2.45, 2.75) is 12.5 Å². The van der Waals surface area contributed by atoms with E-state index in [4.69, 9.17) is 5.11 Å². The zero-order valence-electron chi connectivity index (χ0n) is 7.87. The average molecular weight is 190 g/mol. The van der Waals surface area contributed by atoms with E-state index in [9.17, 15) is 14.7 Å². The molecule has 1 unspecified atom stereocenters. The number of urea groups is 1. The maximum absolute atomic E-state index is 10.9. The average Bonchev–Trinajstić information content (AvgIpc) is 1.99. The summed E-state index contributed by atoms with van der Waals surface area (Å²) in [5, 5.41) is 19.9. The molecule has 0 aromatic rings. The van der Waals surface area contributed by atoms with E-state index in [0.717, 1.165) is 6.92 Å². The van der Waals surface area contributed by atoms with Crippen LogP contribution in [0.3, 0.4) is 0 Å². The lowest BCUT2D eigenvalue weighted by molar-refractivity contribution is -0.155. The zero-order valence-corrected chi connectivity index (χ0v) is 7.87. The quantitative estimate of drug-likeness (QED) is 0.537. The first-order chi connectivity index (χ1) is 5.77. The molecule has 2 amide bonds. The number of hydrogen-bond donors (Lipinski definition) is 3. The molecular formula is C7H14N2O4. The molecule has 6 heteroatoms. The Labute approximate surface area is 76.2 Å². The van der Waals surface area contributed by atoms with E-state index in [1.807, 2.05) is 0 Å². The molecule has 0 aromatic carbocycles. The third-order valence-electron chi connectivity index (χ3n) is 1.45. The van der Waals surface area contributed by atoms with Crippen LogP contribution in [-0.4, -0.2) is 53.4 Å². The maximum atomic E-state index is 10.9. The van der Waals surface area contributed by atoms with E-state index in [0.29, 0.717) is 0 Å². The van der Waals surface area contributed by atoms with Gasteiger partial charge in [-0.05, 0) is 6.92 Å². The summed E-state index contributed by atoms with van der Waals surface area (Å²) in [7, 11) is 3.04. The monoisotopic (exact) mass is 190 g/mol. The lowest BCUT2D eigenvalue weighted by Crippen LogP contribution is -2.48. The second-order valence-corrected chi connectivity index (χ2v) is 3.13. The van der Waals surface area contributed by atoms with Crippen LogP contribution < -0.4 is 5.32 Å². The summed E-state index contributed by atoms with van der Waals surface area (Å²) in [5.74, 6) is -1.37. The summed E-state index contributed by atoms with van der Waals surface area (Å²) in [6, 6.07) is -0.443. The summed E-state index contributed by atoms with van der Waals surface area (Å²) >= 11 is 0. The van der Waals surface area contributed by atoms with Crippen LogP contribution in [0.5, 0.6) is 0 Å². The van der Waals surface area contributed by atoms with Crippen molar-refractivity contribution in [1.82, 2.24) is 10.2 Å². The summed E-state index contributed by atoms with van der Waals surface area (Å²) in [6.45, 7) is 0.796. The van der Waals surface area contributed by atoms with Gasteiger partial charge in [-0.3, -0.25) is 0 Å². The van der Waals surface area contributed by atoms with Gasteiger partial charge in [0.2, 0.25) is 0 Å². The molecular weight excluding hydrogens is 176 g/mol. The van der Waals surface area contributed by atoms with Crippen LogP contribution >= 0.6 is 0 Å². The standard InChI is InChI=1S/C7H14N2O4/c1-7(13,5(10)11)4-8-6(12)9(2)3/h13H,4H2,1-3H3,(H,8,12)(H,10,11). The van der Waals surface area contributed by atoms with Crippen molar-refractivity contribution in [2.75, 3.05) is 20.6 Å². The van der Waals surface area contributed by atoms with Gasteiger partial charge in [0.25, 0.3) is 0 Å². The van der Waals surface area contributed by atoms with Gasteiger partial charge in [0.05, 0.1) is 6.54 Å². The smallest absolute Gasteiger partial charge is 0.337 e. The number of amides is 2. The minimum Gasteiger partial charge on any atom is -0.479 e. The van der Waals surface area contributed by atoms with Gasteiger partial charge in [-0.25, -0.2) is 9.59 Å². The van der Waals surface area contributed by atoms with Crippen LogP contribution in [0.1, 0.15) is 6.92 Å². The summed E-state index contributed by atoms with van der Waals surface area (Å²) in [6.07, 6.45) is 0. The summed E-state index contributed by atoms with van der Waals surface area (Å²) in [5.41, 5.74) is -1.92. The second kappa shape index (κ2) is 4.08. The molecule has 0 aromatic heterocycles. The highest BCUT2D eigenvalue weighted by Gasteiger charge is 2.30. The molecule has 13 heavy (non-hydrogen) atoms. The van der Waals surface area contributed by atoms with Crippen LogP contribution in [0.4, 0.5) is 4.79 Å².